The molecule has 1 unspecified atom stereocenters. The highest BCUT2D eigenvalue weighted by Crippen LogP contribution is 2.19. The van der Waals surface area contributed by atoms with Crippen molar-refractivity contribution in [3.05, 3.63) is 35.9 Å². The van der Waals surface area contributed by atoms with Crippen molar-refractivity contribution in [2.75, 3.05) is 20.1 Å². The molecule has 0 aliphatic carbocycles. The van der Waals surface area contributed by atoms with E-state index in [4.69, 9.17) is 11.5 Å². The van der Waals surface area contributed by atoms with Crippen LogP contribution in [-0.2, 0) is 10.3 Å². The summed E-state index contributed by atoms with van der Waals surface area (Å²) >= 11 is 0. The molecule has 4 heteroatoms. The summed E-state index contributed by atoms with van der Waals surface area (Å²) in [5.41, 5.74) is 11.4. The van der Waals surface area contributed by atoms with Gasteiger partial charge < -0.3 is 16.4 Å². The third kappa shape index (κ3) is 3.55. The van der Waals surface area contributed by atoms with Crippen LogP contribution < -0.4 is 11.5 Å². The quantitative estimate of drug-likeness (QED) is 0.759. The maximum Gasteiger partial charge on any atom is 0.243 e. The van der Waals surface area contributed by atoms with Crippen LogP contribution in [0, 0.1) is 0 Å². The number of likely N-dealkylation sites (N-methyl/N-ethyl adjacent to an activating group) is 1. The average molecular weight is 249 g/mol. The first kappa shape index (κ1) is 14.7. The Hall–Kier alpha value is -1.39. The van der Waals surface area contributed by atoms with Gasteiger partial charge in [-0.25, -0.2) is 0 Å². The highest BCUT2D eigenvalue weighted by atomic mass is 16.1. The first-order valence-corrected chi connectivity index (χ1v) is 6.33. The van der Waals surface area contributed by atoms with Crippen LogP contribution in [0.5, 0.6) is 0 Å². The van der Waals surface area contributed by atoms with Gasteiger partial charge in [-0.05, 0) is 25.6 Å². The van der Waals surface area contributed by atoms with Crippen LogP contribution in [0.2, 0.25) is 0 Å². The van der Waals surface area contributed by atoms with Gasteiger partial charge in [-0.3, -0.25) is 4.79 Å². The van der Waals surface area contributed by atoms with E-state index in [2.05, 4.69) is 11.8 Å². The van der Waals surface area contributed by atoms with Crippen LogP contribution in [0.4, 0.5) is 0 Å². The topological polar surface area (TPSA) is 72.3 Å². The average Bonchev–Trinajstić information content (AvgIpc) is 2.37. The number of nitrogens with two attached hydrogens (primary N) is 2. The lowest BCUT2D eigenvalue weighted by atomic mass is 9.89. The molecule has 1 rings (SSSR count). The Morgan fingerprint density at radius 3 is 2.44 bits per heavy atom. The van der Waals surface area contributed by atoms with Gasteiger partial charge in [0.05, 0.1) is 0 Å². The van der Waals surface area contributed by atoms with Crippen molar-refractivity contribution >= 4 is 5.91 Å². The van der Waals surface area contributed by atoms with Crippen molar-refractivity contribution in [3.8, 4) is 0 Å². The van der Waals surface area contributed by atoms with Gasteiger partial charge in [0.25, 0.3) is 0 Å². The van der Waals surface area contributed by atoms with Gasteiger partial charge in [0.1, 0.15) is 5.54 Å². The van der Waals surface area contributed by atoms with Gasteiger partial charge in [-0.1, -0.05) is 43.7 Å². The SMILES string of the molecule is CCCCN(C)CC(N)(C(N)=O)c1ccccc1. The van der Waals surface area contributed by atoms with Gasteiger partial charge in [0, 0.05) is 6.54 Å². The van der Waals surface area contributed by atoms with Crippen molar-refractivity contribution in [1.29, 1.82) is 0 Å². The molecule has 1 aromatic carbocycles. The molecule has 18 heavy (non-hydrogen) atoms. The molecule has 4 nitrogen and oxygen atoms in total. The number of carbonyl (C=O) groups is 1. The van der Waals surface area contributed by atoms with E-state index in [0.29, 0.717) is 6.54 Å². The summed E-state index contributed by atoms with van der Waals surface area (Å²) in [4.78, 5) is 13.8. The molecule has 0 fully saturated rings. The van der Waals surface area contributed by atoms with Crippen molar-refractivity contribution < 1.29 is 4.79 Å². The fourth-order valence-corrected chi connectivity index (χ4v) is 1.98. The van der Waals surface area contributed by atoms with E-state index in [1.165, 1.54) is 0 Å². The first-order chi connectivity index (χ1) is 8.50. The number of unbranched alkanes of at least 4 members (excludes halogenated alkanes) is 1. The van der Waals surface area contributed by atoms with Gasteiger partial charge in [0.15, 0.2) is 0 Å². The van der Waals surface area contributed by atoms with E-state index in [0.717, 1.165) is 24.9 Å². The van der Waals surface area contributed by atoms with Crippen LogP contribution in [0.15, 0.2) is 30.3 Å². The molecule has 4 N–H and O–H groups in total. The predicted molar refractivity (Wildman–Crippen MR) is 73.9 cm³/mol. The minimum Gasteiger partial charge on any atom is -0.368 e. The fraction of sp³-hybridized carbons (Fsp3) is 0.500. The molecule has 0 heterocycles. The van der Waals surface area contributed by atoms with Crippen LogP contribution in [0.1, 0.15) is 25.3 Å². The van der Waals surface area contributed by atoms with Crippen LogP contribution >= 0.6 is 0 Å². The molecule has 0 aromatic heterocycles. The summed E-state index contributed by atoms with van der Waals surface area (Å²) in [6, 6.07) is 9.32. The van der Waals surface area contributed by atoms with Gasteiger partial charge >= 0.3 is 0 Å². The van der Waals surface area contributed by atoms with E-state index in [1.807, 2.05) is 37.4 Å². The minimum absolute atomic E-state index is 0.437. The van der Waals surface area contributed by atoms with Crippen LogP contribution in [-0.4, -0.2) is 30.9 Å². The van der Waals surface area contributed by atoms with Crippen LogP contribution in [0.25, 0.3) is 0 Å². The summed E-state index contributed by atoms with van der Waals surface area (Å²) in [5, 5.41) is 0. The summed E-state index contributed by atoms with van der Waals surface area (Å²) in [7, 11) is 1.96. The second-order valence-electron chi connectivity index (χ2n) is 4.79. The number of hydrogen-bond acceptors (Lipinski definition) is 3. The molecule has 0 bridgehead atoms. The number of carbonyl (C=O) groups excluding carboxylic acids is 1. The Balaban J connectivity index is 2.85. The zero-order chi connectivity index (χ0) is 13.6. The Labute approximate surface area is 109 Å². The zero-order valence-electron chi connectivity index (χ0n) is 11.2. The van der Waals surface area contributed by atoms with E-state index in [-0.39, 0.29) is 0 Å². The van der Waals surface area contributed by atoms with Crippen LogP contribution in [0.3, 0.4) is 0 Å². The largest absolute Gasteiger partial charge is 0.368 e. The molecule has 100 valence electrons. The summed E-state index contributed by atoms with van der Waals surface area (Å²) in [6.45, 7) is 3.48. The normalized spacial score (nSPS) is 14.4. The van der Waals surface area contributed by atoms with Crippen molar-refractivity contribution in [3.63, 3.8) is 0 Å². The van der Waals surface area contributed by atoms with Crippen molar-refractivity contribution in [1.82, 2.24) is 4.90 Å². The zero-order valence-corrected chi connectivity index (χ0v) is 11.2. The Kier molecular flexibility index (Phi) is 5.31. The highest BCUT2D eigenvalue weighted by Gasteiger charge is 2.34. The van der Waals surface area contributed by atoms with Crippen molar-refractivity contribution in [2.45, 2.75) is 25.3 Å². The Morgan fingerprint density at radius 2 is 1.94 bits per heavy atom. The maximum atomic E-state index is 11.7. The van der Waals surface area contributed by atoms with Gasteiger partial charge in [-0.2, -0.15) is 0 Å². The number of primary amides is 1. The molecule has 0 saturated carbocycles. The number of hydrogen-bond donors (Lipinski definition) is 2. The lowest BCUT2D eigenvalue weighted by molar-refractivity contribution is -0.124. The third-order valence-corrected chi connectivity index (χ3v) is 3.14. The molecule has 0 aliphatic rings. The number of nitrogens with zero attached hydrogens (tertiary/aromatic N) is 1. The number of amides is 1. The third-order valence-electron chi connectivity index (χ3n) is 3.14. The lowest BCUT2D eigenvalue weighted by Crippen LogP contribution is -2.55. The standard InChI is InChI=1S/C14H23N3O/c1-3-4-10-17(2)11-14(16,13(15)18)12-8-6-5-7-9-12/h5-9H,3-4,10-11,16H2,1-2H3,(H2,15,18). The van der Waals surface area contributed by atoms with E-state index in [9.17, 15) is 4.79 Å². The molecule has 0 spiro atoms. The molecule has 0 aliphatic heterocycles. The summed E-state index contributed by atoms with van der Waals surface area (Å²) < 4.78 is 0. The molecule has 1 atom stereocenters. The Morgan fingerprint density at radius 1 is 1.33 bits per heavy atom. The highest BCUT2D eigenvalue weighted by molar-refractivity contribution is 5.86. The number of benzene rings is 1. The first-order valence-electron chi connectivity index (χ1n) is 6.33. The monoisotopic (exact) mass is 249 g/mol. The second kappa shape index (κ2) is 6.52. The predicted octanol–water partition coefficient (Wildman–Crippen LogP) is 1.06. The molecule has 0 radical (unpaired) electrons. The lowest BCUT2D eigenvalue weighted by Gasteiger charge is -2.31. The van der Waals surface area contributed by atoms with E-state index in [1.54, 1.807) is 0 Å². The smallest absolute Gasteiger partial charge is 0.243 e. The maximum absolute atomic E-state index is 11.7. The molecule has 1 aromatic rings. The minimum atomic E-state index is -1.12. The van der Waals surface area contributed by atoms with Gasteiger partial charge in [-0.15, -0.1) is 0 Å². The van der Waals surface area contributed by atoms with E-state index < -0.39 is 11.4 Å². The number of rotatable bonds is 7. The molecular weight excluding hydrogens is 226 g/mol. The molecular formula is C14H23N3O. The molecule has 0 saturated heterocycles. The van der Waals surface area contributed by atoms with Crippen molar-refractivity contribution in [2.24, 2.45) is 11.5 Å². The summed E-state index contributed by atoms with van der Waals surface area (Å²) in [6.07, 6.45) is 2.20. The fourth-order valence-electron chi connectivity index (χ4n) is 1.98. The molecule has 1 amide bonds. The van der Waals surface area contributed by atoms with E-state index >= 15 is 0 Å². The Bertz CT molecular complexity index is 380. The summed E-state index contributed by atoms with van der Waals surface area (Å²) in [5.74, 6) is -0.489. The second-order valence-corrected chi connectivity index (χ2v) is 4.79. The van der Waals surface area contributed by atoms with Gasteiger partial charge in [0.2, 0.25) is 5.91 Å².